The van der Waals surface area contributed by atoms with Crippen molar-refractivity contribution in [2.45, 2.75) is 50.5 Å². The van der Waals surface area contributed by atoms with E-state index in [9.17, 15) is 10.2 Å². The van der Waals surface area contributed by atoms with E-state index >= 15 is 0 Å². The molecule has 1 saturated carbocycles. The molecule has 0 radical (unpaired) electrons. The summed E-state index contributed by atoms with van der Waals surface area (Å²) in [4.78, 5) is 0. The first-order valence-corrected chi connectivity index (χ1v) is 4.87. The second-order valence-electron chi connectivity index (χ2n) is 4.22. The van der Waals surface area contributed by atoms with Crippen molar-refractivity contribution in [2.75, 3.05) is 0 Å². The van der Waals surface area contributed by atoms with Crippen molar-refractivity contribution >= 4 is 0 Å². The standard InChI is InChI=1S/C9H20N2O2/c1-6(8(11)12)9(13)4-2-7(10)3-5-9/h6-8,12-13H,2-5,10-11H2,1H3. The molecule has 0 spiro atoms. The lowest BCUT2D eigenvalue weighted by molar-refractivity contribution is -0.0866. The van der Waals surface area contributed by atoms with Gasteiger partial charge in [-0.05, 0) is 25.7 Å². The second kappa shape index (κ2) is 3.92. The van der Waals surface area contributed by atoms with Crippen molar-refractivity contribution in [2.24, 2.45) is 17.4 Å². The summed E-state index contributed by atoms with van der Waals surface area (Å²) in [5.74, 6) is -0.278. The van der Waals surface area contributed by atoms with Crippen LogP contribution in [0.15, 0.2) is 0 Å². The number of aliphatic hydroxyl groups is 2. The molecule has 0 aromatic carbocycles. The highest BCUT2D eigenvalue weighted by atomic mass is 16.3. The molecule has 4 heteroatoms. The molecule has 0 heterocycles. The van der Waals surface area contributed by atoms with E-state index in [1.54, 1.807) is 6.92 Å². The Morgan fingerprint density at radius 2 is 1.85 bits per heavy atom. The Balaban J connectivity index is 2.56. The van der Waals surface area contributed by atoms with Gasteiger partial charge >= 0.3 is 0 Å². The first-order valence-electron chi connectivity index (χ1n) is 4.87. The van der Waals surface area contributed by atoms with Crippen molar-refractivity contribution in [3.63, 3.8) is 0 Å². The number of rotatable bonds is 2. The summed E-state index contributed by atoms with van der Waals surface area (Å²) in [6, 6.07) is 0.197. The maximum absolute atomic E-state index is 10.1. The lowest BCUT2D eigenvalue weighted by Gasteiger charge is -2.40. The predicted molar refractivity (Wildman–Crippen MR) is 50.8 cm³/mol. The minimum absolute atomic E-state index is 0.197. The average molecular weight is 188 g/mol. The van der Waals surface area contributed by atoms with E-state index in [4.69, 9.17) is 11.5 Å². The quantitative estimate of drug-likeness (QED) is 0.441. The molecule has 13 heavy (non-hydrogen) atoms. The van der Waals surface area contributed by atoms with Crippen LogP contribution in [-0.4, -0.2) is 28.1 Å². The summed E-state index contributed by atoms with van der Waals surface area (Å²) in [5, 5.41) is 19.3. The van der Waals surface area contributed by atoms with Crippen molar-refractivity contribution < 1.29 is 10.2 Å². The van der Waals surface area contributed by atoms with Crippen molar-refractivity contribution in [1.29, 1.82) is 0 Å². The van der Waals surface area contributed by atoms with Gasteiger partial charge in [0.05, 0.1) is 5.60 Å². The highest BCUT2D eigenvalue weighted by Gasteiger charge is 2.39. The van der Waals surface area contributed by atoms with Crippen LogP contribution < -0.4 is 11.5 Å². The van der Waals surface area contributed by atoms with Gasteiger partial charge < -0.3 is 21.7 Å². The first kappa shape index (κ1) is 10.9. The fraction of sp³-hybridized carbons (Fsp3) is 1.00. The molecule has 2 unspecified atom stereocenters. The molecule has 4 nitrogen and oxygen atoms in total. The van der Waals surface area contributed by atoms with E-state index in [0.717, 1.165) is 12.8 Å². The Kier molecular flexibility index (Phi) is 3.29. The van der Waals surface area contributed by atoms with Gasteiger partial charge in [-0.15, -0.1) is 0 Å². The molecule has 1 aliphatic carbocycles. The monoisotopic (exact) mass is 188 g/mol. The molecule has 0 aliphatic heterocycles. The van der Waals surface area contributed by atoms with Crippen LogP contribution in [0.3, 0.4) is 0 Å². The van der Waals surface area contributed by atoms with Gasteiger partial charge in [0.1, 0.15) is 6.23 Å². The lowest BCUT2D eigenvalue weighted by atomic mass is 9.74. The number of hydrogen-bond donors (Lipinski definition) is 4. The van der Waals surface area contributed by atoms with Crippen molar-refractivity contribution in [3.05, 3.63) is 0 Å². The second-order valence-corrected chi connectivity index (χ2v) is 4.22. The van der Waals surface area contributed by atoms with E-state index in [2.05, 4.69) is 0 Å². The van der Waals surface area contributed by atoms with Crippen LogP contribution in [0.1, 0.15) is 32.6 Å². The summed E-state index contributed by atoms with van der Waals surface area (Å²) >= 11 is 0. The Morgan fingerprint density at radius 3 is 2.23 bits per heavy atom. The minimum atomic E-state index is -0.945. The predicted octanol–water partition coefficient (Wildman–Crippen LogP) is -0.468. The van der Waals surface area contributed by atoms with E-state index in [-0.39, 0.29) is 12.0 Å². The largest absolute Gasteiger partial charge is 0.389 e. The average Bonchev–Trinajstić information content (AvgIpc) is 2.09. The Labute approximate surface area is 78.9 Å². The van der Waals surface area contributed by atoms with E-state index in [0.29, 0.717) is 12.8 Å². The molecule has 0 amide bonds. The summed E-state index contributed by atoms with van der Waals surface area (Å²) in [5.41, 5.74) is 10.3. The molecule has 0 aromatic heterocycles. The smallest absolute Gasteiger partial charge is 0.107 e. The molecule has 1 rings (SSSR count). The lowest BCUT2D eigenvalue weighted by Crippen LogP contribution is -2.49. The van der Waals surface area contributed by atoms with E-state index in [1.165, 1.54) is 0 Å². The molecule has 2 atom stereocenters. The zero-order chi connectivity index (χ0) is 10.1. The highest BCUT2D eigenvalue weighted by molar-refractivity contribution is 4.91. The third-order valence-electron chi connectivity index (χ3n) is 3.26. The Hall–Kier alpha value is -0.160. The van der Waals surface area contributed by atoms with Crippen LogP contribution in [0.5, 0.6) is 0 Å². The SMILES string of the molecule is CC(C(N)O)C1(O)CCC(N)CC1. The maximum Gasteiger partial charge on any atom is 0.107 e. The van der Waals surface area contributed by atoms with Gasteiger partial charge in [-0.1, -0.05) is 6.92 Å². The molecule has 0 saturated heterocycles. The van der Waals surface area contributed by atoms with Gasteiger partial charge in [0, 0.05) is 12.0 Å². The summed E-state index contributed by atoms with van der Waals surface area (Å²) < 4.78 is 0. The van der Waals surface area contributed by atoms with Crippen molar-refractivity contribution in [3.8, 4) is 0 Å². The number of nitrogens with two attached hydrogens (primary N) is 2. The van der Waals surface area contributed by atoms with Gasteiger partial charge in [-0.25, -0.2) is 0 Å². The Bertz CT molecular complexity index is 165. The van der Waals surface area contributed by atoms with Crippen LogP contribution in [0.4, 0.5) is 0 Å². The molecule has 78 valence electrons. The number of aliphatic hydroxyl groups excluding tert-OH is 1. The third-order valence-corrected chi connectivity index (χ3v) is 3.26. The topological polar surface area (TPSA) is 92.5 Å². The summed E-state index contributed by atoms with van der Waals surface area (Å²) in [6.45, 7) is 1.78. The van der Waals surface area contributed by atoms with Crippen molar-refractivity contribution in [1.82, 2.24) is 0 Å². The first-order chi connectivity index (χ1) is 5.96. The zero-order valence-electron chi connectivity index (χ0n) is 8.11. The van der Waals surface area contributed by atoms with Gasteiger partial charge in [0.25, 0.3) is 0 Å². The van der Waals surface area contributed by atoms with Gasteiger partial charge in [0.2, 0.25) is 0 Å². The molecule has 0 aromatic rings. The Morgan fingerprint density at radius 1 is 1.38 bits per heavy atom. The molecular weight excluding hydrogens is 168 g/mol. The number of hydrogen-bond acceptors (Lipinski definition) is 4. The molecule has 0 bridgehead atoms. The highest BCUT2D eigenvalue weighted by Crippen LogP contribution is 2.34. The normalized spacial score (nSPS) is 39.9. The fourth-order valence-electron chi connectivity index (χ4n) is 1.91. The summed E-state index contributed by atoms with van der Waals surface area (Å²) in [6.07, 6.45) is 1.97. The van der Waals surface area contributed by atoms with Crippen LogP contribution in [-0.2, 0) is 0 Å². The van der Waals surface area contributed by atoms with Crippen LogP contribution in [0.2, 0.25) is 0 Å². The van der Waals surface area contributed by atoms with E-state index < -0.39 is 11.8 Å². The molecular formula is C9H20N2O2. The van der Waals surface area contributed by atoms with E-state index in [1.807, 2.05) is 0 Å². The van der Waals surface area contributed by atoms with Gasteiger partial charge in [0.15, 0.2) is 0 Å². The molecule has 6 N–H and O–H groups in total. The van der Waals surface area contributed by atoms with Gasteiger partial charge in [-0.3, -0.25) is 0 Å². The molecule has 1 fully saturated rings. The zero-order valence-corrected chi connectivity index (χ0v) is 8.11. The van der Waals surface area contributed by atoms with Crippen LogP contribution >= 0.6 is 0 Å². The van der Waals surface area contributed by atoms with Crippen LogP contribution in [0, 0.1) is 5.92 Å². The minimum Gasteiger partial charge on any atom is -0.389 e. The fourth-order valence-corrected chi connectivity index (χ4v) is 1.91. The maximum atomic E-state index is 10.1. The van der Waals surface area contributed by atoms with Gasteiger partial charge in [-0.2, -0.15) is 0 Å². The van der Waals surface area contributed by atoms with Crippen LogP contribution in [0.25, 0.3) is 0 Å². The summed E-state index contributed by atoms with van der Waals surface area (Å²) in [7, 11) is 0. The molecule has 1 aliphatic rings. The third kappa shape index (κ3) is 2.40.